The molecule has 0 saturated carbocycles. The number of hydrogen-bond acceptors (Lipinski definition) is 2. The number of urea groups is 1. The first-order valence-corrected chi connectivity index (χ1v) is 4.53. The first-order valence-electron chi connectivity index (χ1n) is 2.91. The van der Waals surface area contributed by atoms with Crippen LogP contribution < -0.4 is 0 Å². The van der Waals surface area contributed by atoms with E-state index in [2.05, 4.69) is 32.1 Å². The van der Waals surface area contributed by atoms with Crippen molar-refractivity contribution in [3.8, 4) is 0 Å². The van der Waals surface area contributed by atoms with E-state index in [1.165, 1.54) is 3.93 Å². The molecule has 0 aromatic heterocycles. The number of hydrogen-bond donors (Lipinski definition) is 0. The largest absolute Gasteiger partial charge is 0.437 e. The van der Waals surface area contributed by atoms with Gasteiger partial charge in [0, 0.05) is 0 Å². The molecule has 0 spiro atoms. The predicted octanol–water partition coefficient (Wildman–Crippen LogP) is 1.06. The van der Waals surface area contributed by atoms with Crippen molar-refractivity contribution in [1.29, 1.82) is 0 Å². The molecule has 1 aliphatic rings. The smallest absolute Gasteiger partial charge is 0.227 e. The molecule has 0 aromatic carbocycles. The van der Waals surface area contributed by atoms with Crippen molar-refractivity contribution < 1.29 is 14.1 Å². The van der Waals surface area contributed by atoms with Crippen molar-refractivity contribution in [2.75, 3.05) is 14.1 Å². The molecule has 0 radical (unpaired) electrons. The quantitative estimate of drug-likeness (QED) is 0.220. The summed E-state index contributed by atoms with van der Waals surface area (Å²) >= 11 is 6.06. The van der Waals surface area contributed by atoms with Gasteiger partial charge in [0.05, 0.1) is 30.2 Å². The van der Waals surface area contributed by atoms with Gasteiger partial charge in [-0.05, 0) is 15.9 Å². The van der Waals surface area contributed by atoms with E-state index in [1.807, 2.05) is 0 Å². The monoisotopic (exact) mass is 285 g/mol. The second-order valence-electron chi connectivity index (χ2n) is 2.72. The summed E-state index contributed by atoms with van der Waals surface area (Å²) in [6.45, 7) is 0. The molecule has 3 amide bonds. The Labute approximate surface area is 81.2 Å². The Morgan fingerprint density at radius 3 is 2.00 bits per heavy atom. The number of carbonyl (C=O) groups excluding carboxylic acids is 2. The molecule has 1 rings (SSSR count). The Balaban J connectivity index is 3.06. The highest BCUT2D eigenvalue weighted by Crippen LogP contribution is 2.28. The molecule has 6 heteroatoms. The van der Waals surface area contributed by atoms with Crippen LogP contribution in [-0.4, -0.2) is 39.4 Å². The molecule has 1 aliphatic heterocycles. The Bertz CT molecular complexity index is 207. The zero-order valence-corrected chi connectivity index (χ0v) is 9.22. The number of quaternary nitrogens is 1. The Hall–Kier alpha value is 0.0600. The second kappa shape index (κ2) is 2.53. The summed E-state index contributed by atoms with van der Waals surface area (Å²) in [5, 5.41) is 0. The van der Waals surface area contributed by atoms with Gasteiger partial charge < -0.3 is 0 Å². The third kappa shape index (κ3) is 1.13. The minimum Gasteiger partial charge on any atom is -0.227 e. The molecule has 0 bridgehead atoms. The van der Waals surface area contributed by atoms with Crippen molar-refractivity contribution in [2.45, 2.75) is 4.95 Å². The maximum Gasteiger partial charge on any atom is 0.437 e. The van der Waals surface area contributed by atoms with Crippen LogP contribution in [-0.2, 0) is 4.79 Å². The highest BCUT2D eigenvalue weighted by molar-refractivity contribution is 9.11. The minimum atomic E-state index is -0.551. The fraction of sp³-hybridized carbons (Fsp3) is 0.600. The van der Waals surface area contributed by atoms with Gasteiger partial charge in [0.15, 0.2) is 0 Å². The summed E-state index contributed by atoms with van der Waals surface area (Å²) in [5.41, 5.74) is 0. The number of rotatable bonds is 0. The number of carbonyl (C=O) groups is 2. The van der Waals surface area contributed by atoms with Crippen LogP contribution in [0.15, 0.2) is 0 Å². The lowest BCUT2D eigenvalue weighted by molar-refractivity contribution is -0.723. The summed E-state index contributed by atoms with van der Waals surface area (Å²) in [6.07, 6.45) is 0. The molecule has 0 N–H and O–H groups in total. The third-order valence-corrected chi connectivity index (χ3v) is 3.68. The van der Waals surface area contributed by atoms with Crippen LogP contribution in [0.3, 0.4) is 0 Å². The summed E-state index contributed by atoms with van der Waals surface area (Å²) in [4.78, 5) is 22.0. The maximum absolute atomic E-state index is 11.3. The van der Waals surface area contributed by atoms with E-state index in [-0.39, 0.29) is 16.4 Å². The predicted molar refractivity (Wildman–Crippen MR) is 46.0 cm³/mol. The van der Waals surface area contributed by atoms with E-state index in [9.17, 15) is 9.59 Å². The van der Waals surface area contributed by atoms with Gasteiger partial charge in [-0.3, -0.25) is 0 Å². The fourth-order valence-corrected chi connectivity index (χ4v) is 2.05. The van der Waals surface area contributed by atoms with E-state index in [4.69, 9.17) is 0 Å². The number of imide groups is 1. The molecular formula is C5H7Br2N2O2+. The standard InChI is InChI=1S/C5H7Br2N2O2/c1-9(2)4(10)3(6)8(7)5(9)11/h3H,1-2H3/q+1. The van der Waals surface area contributed by atoms with E-state index < -0.39 is 4.95 Å². The third-order valence-electron chi connectivity index (χ3n) is 1.61. The molecule has 1 atom stereocenters. The second-order valence-corrected chi connectivity index (χ2v) is 4.35. The summed E-state index contributed by atoms with van der Waals surface area (Å²) in [5.74, 6) is -0.174. The van der Waals surface area contributed by atoms with Crippen LogP contribution in [0.2, 0.25) is 0 Å². The SMILES string of the molecule is C[N+]1(C)C(=O)C(Br)N(Br)C1=O. The van der Waals surface area contributed by atoms with Gasteiger partial charge >= 0.3 is 11.9 Å². The topological polar surface area (TPSA) is 37.4 Å². The van der Waals surface area contributed by atoms with Crippen molar-refractivity contribution in [1.82, 2.24) is 3.93 Å². The minimum absolute atomic E-state index is 0.174. The van der Waals surface area contributed by atoms with Crippen LogP contribution >= 0.6 is 32.1 Å². The number of halogens is 2. The van der Waals surface area contributed by atoms with Crippen molar-refractivity contribution in [3.63, 3.8) is 0 Å². The molecule has 1 unspecified atom stereocenters. The molecule has 0 aliphatic carbocycles. The highest BCUT2D eigenvalue weighted by Gasteiger charge is 2.54. The van der Waals surface area contributed by atoms with Gasteiger partial charge in [-0.15, -0.1) is 0 Å². The summed E-state index contributed by atoms with van der Waals surface area (Å²) in [6, 6.07) is -0.267. The molecule has 11 heavy (non-hydrogen) atoms. The molecule has 62 valence electrons. The Kier molecular flexibility index (Phi) is 2.11. The van der Waals surface area contributed by atoms with Gasteiger partial charge in [-0.1, -0.05) is 0 Å². The zero-order chi connectivity index (χ0) is 8.81. The summed E-state index contributed by atoms with van der Waals surface area (Å²) < 4.78 is 0.955. The normalized spacial score (nSPS) is 29.8. The maximum atomic E-state index is 11.3. The number of alkyl halides is 1. The lowest BCUT2D eigenvalue weighted by Gasteiger charge is -2.14. The molecule has 1 saturated heterocycles. The molecule has 1 heterocycles. The van der Waals surface area contributed by atoms with Gasteiger partial charge in [-0.2, -0.15) is 8.41 Å². The molecule has 1 fully saturated rings. The lowest BCUT2D eigenvalue weighted by atomic mass is 10.5. The van der Waals surface area contributed by atoms with Crippen molar-refractivity contribution in [2.24, 2.45) is 0 Å². The van der Waals surface area contributed by atoms with Crippen LogP contribution in [0.1, 0.15) is 0 Å². The number of nitrogens with zero attached hydrogens (tertiary/aromatic N) is 2. The van der Waals surface area contributed by atoms with Crippen LogP contribution in [0.4, 0.5) is 4.79 Å². The molecular weight excluding hydrogens is 280 g/mol. The van der Waals surface area contributed by atoms with Crippen LogP contribution in [0.5, 0.6) is 0 Å². The van der Waals surface area contributed by atoms with E-state index in [1.54, 1.807) is 14.1 Å². The number of likely N-dealkylation sites (N-methyl/N-ethyl adjacent to an activating group) is 1. The fourth-order valence-electron chi connectivity index (χ4n) is 0.793. The van der Waals surface area contributed by atoms with E-state index >= 15 is 0 Å². The first-order chi connectivity index (χ1) is 4.89. The van der Waals surface area contributed by atoms with E-state index in [0.717, 1.165) is 0 Å². The van der Waals surface area contributed by atoms with Gasteiger partial charge in [0.25, 0.3) is 0 Å². The highest BCUT2D eigenvalue weighted by atomic mass is 79.9. The number of amides is 3. The van der Waals surface area contributed by atoms with Crippen LogP contribution in [0.25, 0.3) is 0 Å². The Morgan fingerprint density at radius 1 is 1.45 bits per heavy atom. The first kappa shape index (κ1) is 9.15. The van der Waals surface area contributed by atoms with Crippen molar-refractivity contribution in [3.05, 3.63) is 0 Å². The average Bonchev–Trinajstić information content (AvgIpc) is 2.06. The van der Waals surface area contributed by atoms with Gasteiger partial charge in [-0.25, -0.2) is 9.59 Å². The Morgan fingerprint density at radius 2 is 1.91 bits per heavy atom. The zero-order valence-electron chi connectivity index (χ0n) is 6.04. The van der Waals surface area contributed by atoms with Crippen LogP contribution in [0, 0.1) is 0 Å². The molecule has 4 nitrogen and oxygen atoms in total. The lowest BCUT2D eigenvalue weighted by Crippen LogP contribution is -2.45. The average molecular weight is 287 g/mol. The van der Waals surface area contributed by atoms with Gasteiger partial charge in [0.1, 0.15) is 0 Å². The summed E-state index contributed by atoms with van der Waals surface area (Å²) in [7, 11) is 3.11. The van der Waals surface area contributed by atoms with Crippen molar-refractivity contribution >= 4 is 44.0 Å². The van der Waals surface area contributed by atoms with E-state index in [0.29, 0.717) is 0 Å². The van der Waals surface area contributed by atoms with Gasteiger partial charge in [0.2, 0.25) is 4.95 Å². The molecule has 0 aromatic rings.